The van der Waals surface area contributed by atoms with Gasteiger partial charge in [-0.25, -0.2) is 8.42 Å². The van der Waals surface area contributed by atoms with Gasteiger partial charge in [0.05, 0.1) is 17.1 Å². The Morgan fingerprint density at radius 2 is 2.11 bits per heavy atom. The standard InChI is InChI=1S/C11H15N3O3S/c12-10-2-3-13-8-9(10)11(15)14-4-1-6-18(16,17)7-5-14/h2-3,8H,1,4-7H2,(H2,12,13). The Morgan fingerprint density at radius 1 is 1.33 bits per heavy atom. The molecule has 1 amide bonds. The molecule has 0 unspecified atom stereocenters. The van der Waals surface area contributed by atoms with Crippen molar-refractivity contribution in [3.8, 4) is 0 Å². The maximum Gasteiger partial charge on any atom is 0.257 e. The number of nitrogens with zero attached hydrogens (tertiary/aromatic N) is 2. The first kappa shape index (κ1) is 12.8. The van der Waals surface area contributed by atoms with Crippen molar-refractivity contribution in [2.24, 2.45) is 0 Å². The van der Waals surface area contributed by atoms with Crippen molar-refractivity contribution < 1.29 is 13.2 Å². The van der Waals surface area contributed by atoms with E-state index in [0.717, 1.165) is 0 Å². The van der Waals surface area contributed by atoms with Gasteiger partial charge in [-0.15, -0.1) is 0 Å². The minimum absolute atomic E-state index is 0.0128. The molecule has 0 spiro atoms. The summed E-state index contributed by atoms with van der Waals surface area (Å²) in [5.41, 5.74) is 6.41. The van der Waals surface area contributed by atoms with Crippen LogP contribution in [0.15, 0.2) is 18.5 Å². The van der Waals surface area contributed by atoms with E-state index in [4.69, 9.17) is 5.73 Å². The topological polar surface area (TPSA) is 93.4 Å². The average molecular weight is 269 g/mol. The maximum atomic E-state index is 12.2. The quantitative estimate of drug-likeness (QED) is 0.770. The molecule has 1 aliphatic rings. The number of hydrogen-bond acceptors (Lipinski definition) is 5. The fourth-order valence-electron chi connectivity index (χ4n) is 1.90. The van der Waals surface area contributed by atoms with Crippen LogP contribution in [0, 0.1) is 0 Å². The minimum Gasteiger partial charge on any atom is -0.398 e. The lowest BCUT2D eigenvalue weighted by Gasteiger charge is -2.20. The number of aromatic nitrogens is 1. The highest BCUT2D eigenvalue weighted by molar-refractivity contribution is 7.91. The Morgan fingerprint density at radius 3 is 2.83 bits per heavy atom. The summed E-state index contributed by atoms with van der Waals surface area (Å²) < 4.78 is 22.9. The first-order valence-corrected chi connectivity index (χ1v) is 7.51. The highest BCUT2D eigenvalue weighted by atomic mass is 32.2. The molecule has 6 nitrogen and oxygen atoms in total. The molecule has 18 heavy (non-hydrogen) atoms. The van der Waals surface area contributed by atoms with E-state index >= 15 is 0 Å². The molecule has 7 heteroatoms. The van der Waals surface area contributed by atoms with Gasteiger partial charge in [-0.1, -0.05) is 0 Å². The molecule has 0 aliphatic carbocycles. The van der Waals surface area contributed by atoms with Crippen molar-refractivity contribution in [1.82, 2.24) is 9.88 Å². The number of amides is 1. The van der Waals surface area contributed by atoms with E-state index in [9.17, 15) is 13.2 Å². The summed E-state index contributed by atoms with van der Waals surface area (Å²) in [6.07, 6.45) is 3.39. The first-order chi connectivity index (χ1) is 8.49. The smallest absolute Gasteiger partial charge is 0.257 e. The summed E-state index contributed by atoms with van der Waals surface area (Å²) in [7, 11) is -3.02. The van der Waals surface area contributed by atoms with Crippen molar-refractivity contribution in [2.75, 3.05) is 30.3 Å². The summed E-state index contributed by atoms with van der Waals surface area (Å²) in [5, 5.41) is 0. The Labute approximate surface area is 106 Å². The third-order valence-corrected chi connectivity index (χ3v) is 4.64. The lowest BCUT2D eigenvalue weighted by Crippen LogP contribution is -2.34. The molecule has 0 bridgehead atoms. The highest BCUT2D eigenvalue weighted by Gasteiger charge is 2.24. The molecule has 1 fully saturated rings. The van der Waals surface area contributed by atoms with Gasteiger partial charge in [0.1, 0.15) is 0 Å². The molecule has 2 heterocycles. The van der Waals surface area contributed by atoms with Crippen molar-refractivity contribution in [1.29, 1.82) is 0 Å². The summed E-state index contributed by atoms with van der Waals surface area (Å²) in [5.74, 6) is -0.101. The number of rotatable bonds is 1. The van der Waals surface area contributed by atoms with Crippen molar-refractivity contribution in [2.45, 2.75) is 6.42 Å². The van der Waals surface area contributed by atoms with Gasteiger partial charge in [-0.3, -0.25) is 9.78 Å². The lowest BCUT2D eigenvalue weighted by atomic mass is 10.2. The normalized spacial score (nSPS) is 19.2. The van der Waals surface area contributed by atoms with Crippen molar-refractivity contribution in [3.63, 3.8) is 0 Å². The number of nitrogen functional groups attached to an aromatic ring is 1. The number of carbonyl (C=O) groups excluding carboxylic acids is 1. The number of pyridine rings is 1. The molecular formula is C11H15N3O3S. The fourth-order valence-corrected chi connectivity index (χ4v) is 3.17. The summed E-state index contributed by atoms with van der Waals surface area (Å²) in [4.78, 5) is 17.6. The second-order valence-corrected chi connectivity index (χ2v) is 6.56. The van der Waals surface area contributed by atoms with Crippen LogP contribution in [0.2, 0.25) is 0 Å². The molecule has 0 saturated carbocycles. The number of anilines is 1. The van der Waals surface area contributed by atoms with Crippen LogP contribution in [0.25, 0.3) is 0 Å². The van der Waals surface area contributed by atoms with Crippen LogP contribution in [0.1, 0.15) is 16.8 Å². The zero-order chi connectivity index (χ0) is 13.2. The Kier molecular flexibility index (Phi) is 3.51. The molecule has 0 aromatic carbocycles. The molecule has 1 aromatic rings. The molecule has 98 valence electrons. The Hall–Kier alpha value is -1.63. The van der Waals surface area contributed by atoms with Crippen LogP contribution in [0.5, 0.6) is 0 Å². The summed E-state index contributed by atoms with van der Waals surface area (Å²) >= 11 is 0. The molecule has 0 radical (unpaired) electrons. The molecule has 1 aliphatic heterocycles. The van der Waals surface area contributed by atoms with Gasteiger partial charge in [0, 0.05) is 31.2 Å². The van der Waals surface area contributed by atoms with Crippen molar-refractivity contribution >= 4 is 21.4 Å². The number of nitrogens with two attached hydrogens (primary N) is 1. The van der Waals surface area contributed by atoms with E-state index in [1.807, 2.05) is 0 Å². The second-order valence-electron chi connectivity index (χ2n) is 4.26. The van der Waals surface area contributed by atoms with Gasteiger partial charge in [-0.2, -0.15) is 0 Å². The SMILES string of the molecule is Nc1ccncc1C(=O)N1CCCS(=O)(=O)CC1. The number of hydrogen-bond donors (Lipinski definition) is 1. The van der Waals surface area contributed by atoms with E-state index in [0.29, 0.717) is 24.2 Å². The van der Waals surface area contributed by atoms with Crippen LogP contribution in [0.4, 0.5) is 5.69 Å². The van der Waals surface area contributed by atoms with E-state index < -0.39 is 9.84 Å². The zero-order valence-corrected chi connectivity index (χ0v) is 10.7. The third-order valence-electron chi connectivity index (χ3n) is 2.93. The Balaban J connectivity index is 2.17. The average Bonchev–Trinajstić information content (AvgIpc) is 2.50. The number of carbonyl (C=O) groups is 1. The largest absolute Gasteiger partial charge is 0.398 e. The molecule has 1 aromatic heterocycles. The number of sulfone groups is 1. The lowest BCUT2D eigenvalue weighted by molar-refractivity contribution is 0.0769. The van der Waals surface area contributed by atoms with Gasteiger partial charge in [0.25, 0.3) is 5.91 Å². The Bertz CT molecular complexity index is 556. The summed E-state index contributed by atoms with van der Waals surface area (Å²) in [6, 6.07) is 1.56. The van der Waals surface area contributed by atoms with Crippen LogP contribution in [-0.2, 0) is 9.84 Å². The van der Waals surface area contributed by atoms with E-state index in [1.165, 1.54) is 17.3 Å². The van der Waals surface area contributed by atoms with Crippen LogP contribution in [0.3, 0.4) is 0 Å². The van der Waals surface area contributed by atoms with Crippen LogP contribution in [-0.4, -0.2) is 48.8 Å². The predicted octanol–water partition coefficient (Wildman–Crippen LogP) is -0.0755. The van der Waals surface area contributed by atoms with E-state index in [2.05, 4.69) is 4.98 Å². The molecule has 2 rings (SSSR count). The maximum absolute atomic E-state index is 12.2. The van der Waals surface area contributed by atoms with E-state index in [-0.39, 0.29) is 24.0 Å². The van der Waals surface area contributed by atoms with Crippen LogP contribution >= 0.6 is 0 Å². The monoisotopic (exact) mass is 269 g/mol. The summed E-state index contributed by atoms with van der Waals surface area (Å²) in [6.45, 7) is 0.655. The van der Waals surface area contributed by atoms with Gasteiger partial charge < -0.3 is 10.6 Å². The fraction of sp³-hybridized carbons (Fsp3) is 0.455. The van der Waals surface area contributed by atoms with Gasteiger partial charge in [-0.05, 0) is 12.5 Å². The van der Waals surface area contributed by atoms with E-state index in [1.54, 1.807) is 6.07 Å². The minimum atomic E-state index is -3.02. The van der Waals surface area contributed by atoms with Gasteiger partial charge >= 0.3 is 0 Å². The van der Waals surface area contributed by atoms with Gasteiger partial charge in [0.15, 0.2) is 9.84 Å². The predicted molar refractivity (Wildman–Crippen MR) is 67.8 cm³/mol. The highest BCUT2D eigenvalue weighted by Crippen LogP contribution is 2.14. The second kappa shape index (κ2) is 4.93. The van der Waals surface area contributed by atoms with Crippen molar-refractivity contribution in [3.05, 3.63) is 24.0 Å². The zero-order valence-electron chi connectivity index (χ0n) is 9.87. The molecule has 2 N–H and O–H groups in total. The molecule has 1 saturated heterocycles. The third kappa shape index (κ3) is 2.79. The molecule has 0 atom stereocenters. The van der Waals surface area contributed by atoms with Crippen LogP contribution < -0.4 is 5.73 Å². The molecular weight excluding hydrogens is 254 g/mol. The first-order valence-electron chi connectivity index (χ1n) is 5.69. The van der Waals surface area contributed by atoms with Gasteiger partial charge in [0.2, 0.25) is 0 Å².